The highest BCUT2D eigenvalue weighted by atomic mass is 19.1. The fraction of sp³-hybridized carbons (Fsp3) is 0.316. The Bertz CT molecular complexity index is 814. The van der Waals surface area contributed by atoms with Crippen molar-refractivity contribution in [2.75, 3.05) is 0 Å². The van der Waals surface area contributed by atoms with Crippen molar-refractivity contribution in [3.8, 4) is 0 Å². The fourth-order valence-electron chi connectivity index (χ4n) is 2.60. The number of nitrogens with two attached hydrogens (primary N) is 1. The summed E-state index contributed by atoms with van der Waals surface area (Å²) in [6.07, 6.45) is 4.54. The number of carbonyl (C=O) groups excluding carboxylic acids is 2. The number of aromatic nitrogens is 1. The van der Waals surface area contributed by atoms with E-state index in [1.807, 2.05) is 0 Å². The number of nitrogens with zero attached hydrogens (tertiary/aromatic N) is 1. The summed E-state index contributed by atoms with van der Waals surface area (Å²) in [5, 5.41) is 2.87. The van der Waals surface area contributed by atoms with Gasteiger partial charge in [0.25, 0.3) is 5.91 Å². The van der Waals surface area contributed by atoms with Gasteiger partial charge in [-0.1, -0.05) is 0 Å². The standard InChI is InChI=1S/C19H20FN3O2/c1-11-12(2-4-15-5-3-13(10-22-15)18(21)24)8-14(9-17(11)20)19(25)23-16-6-7-16/h3,5,8-10,16H,2,4,6-7H2,1H3,(H2,21,24)(H,23,25). The highest BCUT2D eigenvalue weighted by Gasteiger charge is 2.24. The lowest BCUT2D eigenvalue weighted by Crippen LogP contribution is -2.25. The lowest BCUT2D eigenvalue weighted by Gasteiger charge is -2.11. The van der Waals surface area contributed by atoms with Crippen LogP contribution in [0.4, 0.5) is 4.39 Å². The molecule has 1 heterocycles. The molecular weight excluding hydrogens is 321 g/mol. The molecule has 5 nitrogen and oxygen atoms in total. The van der Waals surface area contributed by atoms with Crippen LogP contribution >= 0.6 is 0 Å². The van der Waals surface area contributed by atoms with Crippen LogP contribution in [-0.2, 0) is 12.8 Å². The summed E-state index contributed by atoms with van der Waals surface area (Å²) in [6.45, 7) is 1.71. The maximum atomic E-state index is 14.2. The van der Waals surface area contributed by atoms with Gasteiger partial charge in [-0.3, -0.25) is 14.6 Å². The molecule has 0 unspecified atom stereocenters. The van der Waals surface area contributed by atoms with Crippen LogP contribution in [0.1, 0.15) is 50.4 Å². The van der Waals surface area contributed by atoms with E-state index in [1.165, 1.54) is 12.3 Å². The molecule has 1 aromatic heterocycles. The summed E-state index contributed by atoms with van der Waals surface area (Å²) >= 11 is 0. The van der Waals surface area contributed by atoms with Crippen LogP contribution in [0.5, 0.6) is 0 Å². The molecule has 1 fully saturated rings. The van der Waals surface area contributed by atoms with E-state index in [0.29, 0.717) is 29.5 Å². The molecule has 3 rings (SSSR count). The van der Waals surface area contributed by atoms with Crippen LogP contribution in [0.15, 0.2) is 30.5 Å². The minimum Gasteiger partial charge on any atom is -0.366 e. The third kappa shape index (κ3) is 4.21. The van der Waals surface area contributed by atoms with Gasteiger partial charge in [0, 0.05) is 23.5 Å². The predicted molar refractivity (Wildman–Crippen MR) is 91.8 cm³/mol. The maximum Gasteiger partial charge on any atom is 0.251 e. The van der Waals surface area contributed by atoms with Crippen LogP contribution in [0.25, 0.3) is 0 Å². The molecule has 2 amide bonds. The molecule has 1 saturated carbocycles. The third-order valence-corrected chi connectivity index (χ3v) is 4.39. The van der Waals surface area contributed by atoms with Crippen molar-refractivity contribution in [2.24, 2.45) is 5.73 Å². The zero-order valence-corrected chi connectivity index (χ0v) is 14.0. The van der Waals surface area contributed by atoms with Gasteiger partial charge < -0.3 is 11.1 Å². The van der Waals surface area contributed by atoms with Gasteiger partial charge in [0.1, 0.15) is 5.82 Å². The van der Waals surface area contributed by atoms with E-state index in [0.717, 1.165) is 24.1 Å². The third-order valence-electron chi connectivity index (χ3n) is 4.39. The highest BCUT2D eigenvalue weighted by Crippen LogP contribution is 2.21. The number of halogens is 1. The van der Waals surface area contributed by atoms with E-state index in [9.17, 15) is 14.0 Å². The number of aryl methyl sites for hydroxylation is 2. The Morgan fingerprint density at radius 1 is 1.24 bits per heavy atom. The number of hydrogen-bond acceptors (Lipinski definition) is 3. The van der Waals surface area contributed by atoms with Gasteiger partial charge in [0.15, 0.2) is 0 Å². The van der Waals surface area contributed by atoms with Gasteiger partial charge in [0.2, 0.25) is 5.91 Å². The predicted octanol–water partition coefficient (Wildman–Crippen LogP) is 2.31. The molecular formula is C19H20FN3O2. The summed E-state index contributed by atoms with van der Waals surface area (Å²) in [6, 6.07) is 6.62. The normalized spacial score (nSPS) is 13.5. The molecule has 0 saturated heterocycles. The molecule has 3 N–H and O–H groups in total. The van der Waals surface area contributed by atoms with Gasteiger partial charge in [-0.25, -0.2) is 4.39 Å². The highest BCUT2D eigenvalue weighted by molar-refractivity contribution is 5.95. The Balaban J connectivity index is 1.73. The first-order valence-electron chi connectivity index (χ1n) is 8.28. The second-order valence-electron chi connectivity index (χ2n) is 6.39. The molecule has 2 aromatic rings. The van der Waals surface area contributed by atoms with Gasteiger partial charge in [-0.2, -0.15) is 0 Å². The topological polar surface area (TPSA) is 85.1 Å². The Hall–Kier alpha value is -2.76. The molecule has 1 aliphatic rings. The monoisotopic (exact) mass is 341 g/mol. The van der Waals surface area contributed by atoms with Gasteiger partial charge in [-0.05, 0) is 68.0 Å². The number of carbonyl (C=O) groups is 2. The fourth-order valence-corrected chi connectivity index (χ4v) is 2.60. The number of nitrogens with one attached hydrogen (secondary N) is 1. The molecule has 1 aromatic carbocycles. The SMILES string of the molecule is Cc1c(F)cc(C(=O)NC2CC2)cc1CCc1ccc(C(N)=O)cn1. The summed E-state index contributed by atoms with van der Waals surface area (Å²) in [7, 11) is 0. The average Bonchev–Trinajstić information content (AvgIpc) is 3.40. The summed E-state index contributed by atoms with van der Waals surface area (Å²) < 4.78 is 14.2. The van der Waals surface area contributed by atoms with Crippen molar-refractivity contribution in [3.63, 3.8) is 0 Å². The van der Waals surface area contributed by atoms with Crippen molar-refractivity contribution in [1.82, 2.24) is 10.3 Å². The second kappa shape index (κ2) is 7.01. The first kappa shape index (κ1) is 17.1. The van der Waals surface area contributed by atoms with E-state index >= 15 is 0 Å². The molecule has 0 atom stereocenters. The van der Waals surface area contributed by atoms with Crippen LogP contribution in [0.2, 0.25) is 0 Å². The lowest BCUT2D eigenvalue weighted by atomic mass is 9.98. The molecule has 130 valence electrons. The average molecular weight is 341 g/mol. The maximum absolute atomic E-state index is 14.2. The first-order chi connectivity index (χ1) is 11.9. The summed E-state index contributed by atoms with van der Waals surface area (Å²) in [4.78, 5) is 27.4. The molecule has 25 heavy (non-hydrogen) atoms. The number of benzene rings is 1. The van der Waals surface area contributed by atoms with Crippen molar-refractivity contribution < 1.29 is 14.0 Å². The number of rotatable bonds is 6. The van der Waals surface area contributed by atoms with Crippen LogP contribution < -0.4 is 11.1 Å². The van der Waals surface area contributed by atoms with Crippen molar-refractivity contribution in [1.29, 1.82) is 0 Å². The quantitative estimate of drug-likeness (QED) is 0.845. The molecule has 1 aliphatic carbocycles. The largest absolute Gasteiger partial charge is 0.366 e. The molecule has 0 bridgehead atoms. The minimum atomic E-state index is -0.522. The van der Waals surface area contributed by atoms with Crippen molar-refractivity contribution in [2.45, 2.75) is 38.6 Å². The zero-order valence-electron chi connectivity index (χ0n) is 14.0. The van der Waals surface area contributed by atoms with E-state index < -0.39 is 5.91 Å². The molecule has 0 spiro atoms. The Morgan fingerprint density at radius 3 is 2.60 bits per heavy atom. The lowest BCUT2D eigenvalue weighted by molar-refractivity contribution is 0.0949. The van der Waals surface area contributed by atoms with Crippen molar-refractivity contribution in [3.05, 3.63) is 64.2 Å². The second-order valence-corrected chi connectivity index (χ2v) is 6.39. The van der Waals surface area contributed by atoms with E-state index in [4.69, 9.17) is 5.73 Å². The number of amides is 2. The van der Waals surface area contributed by atoms with Gasteiger partial charge in [-0.15, -0.1) is 0 Å². The van der Waals surface area contributed by atoms with Crippen molar-refractivity contribution >= 4 is 11.8 Å². The Labute approximate surface area is 145 Å². The van der Waals surface area contributed by atoms with Crippen LogP contribution in [-0.4, -0.2) is 22.8 Å². The number of hydrogen-bond donors (Lipinski definition) is 2. The number of pyridine rings is 1. The minimum absolute atomic E-state index is 0.230. The smallest absolute Gasteiger partial charge is 0.251 e. The summed E-state index contributed by atoms with van der Waals surface area (Å²) in [5.74, 6) is -1.13. The zero-order chi connectivity index (χ0) is 18.0. The van der Waals surface area contributed by atoms with E-state index in [1.54, 1.807) is 25.1 Å². The molecule has 0 aliphatic heterocycles. The Kier molecular flexibility index (Phi) is 4.79. The molecule has 0 radical (unpaired) electrons. The van der Waals surface area contributed by atoms with E-state index in [-0.39, 0.29) is 17.8 Å². The first-order valence-corrected chi connectivity index (χ1v) is 8.28. The van der Waals surface area contributed by atoms with Gasteiger partial charge in [0.05, 0.1) is 5.56 Å². The Morgan fingerprint density at radius 2 is 2.00 bits per heavy atom. The number of primary amides is 1. The summed E-state index contributed by atoms with van der Waals surface area (Å²) in [5.41, 5.74) is 7.98. The van der Waals surface area contributed by atoms with Crippen LogP contribution in [0, 0.1) is 12.7 Å². The van der Waals surface area contributed by atoms with Crippen LogP contribution in [0.3, 0.4) is 0 Å². The van der Waals surface area contributed by atoms with Gasteiger partial charge >= 0.3 is 0 Å². The molecule has 6 heteroatoms. The van der Waals surface area contributed by atoms with E-state index in [2.05, 4.69) is 10.3 Å².